The molecule has 0 saturated heterocycles. The fourth-order valence-corrected chi connectivity index (χ4v) is 2.54. The summed E-state index contributed by atoms with van der Waals surface area (Å²) < 4.78 is 5.09. The molecule has 6 nitrogen and oxygen atoms in total. The molecule has 0 aliphatic heterocycles. The second kappa shape index (κ2) is 7.11. The molecule has 3 aromatic rings. The molecule has 0 bridgehead atoms. The highest BCUT2D eigenvalue weighted by atomic mass is 16.5. The lowest BCUT2D eigenvalue weighted by atomic mass is 10.0. The number of ketones is 1. The molecular weight excluding hydrogens is 320 g/mol. The average molecular weight is 336 g/mol. The number of nitrogens with one attached hydrogen (secondary N) is 1. The Bertz CT molecular complexity index is 936. The number of carbonyl (C=O) groups is 2. The first-order valence-electron chi connectivity index (χ1n) is 7.61. The summed E-state index contributed by atoms with van der Waals surface area (Å²) in [4.78, 5) is 28.1. The van der Waals surface area contributed by atoms with Crippen molar-refractivity contribution >= 4 is 22.6 Å². The Morgan fingerprint density at radius 1 is 1.08 bits per heavy atom. The van der Waals surface area contributed by atoms with E-state index >= 15 is 0 Å². The number of benzene rings is 2. The van der Waals surface area contributed by atoms with Crippen LogP contribution >= 0.6 is 0 Å². The number of nitrogens with zero attached hydrogens (tertiary/aromatic N) is 1. The smallest absolute Gasteiger partial charge is 0.276 e. The zero-order valence-electron chi connectivity index (χ0n) is 13.5. The maximum absolute atomic E-state index is 12.4. The van der Waals surface area contributed by atoms with Gasteiger partial charge in [-0.2, -0.15) is 0 Å². The second-order valence-corrected chi connectivity index (χ2v) is 5.52. The van der Waals surface area contributed by atoms with Crippen LogP contribution in [0.15, 0.2) is 54.7 Å². The highest BCUT2D eigenvalue weighted by molar-refractivity contribution is 5.99. The van der Waals surface area contributed by atoms with Gasteiger partial charge in [-0.25, -0.2) is 5.48 Å². The number of hydroxylamine groups is 1. The SMILES string of the molecule is COc1ccc(C(=O)Cc2ccc3ncc(C(=O)NO)cc3c2)cc1. The summed E-state index contributed by atoms with van der Waals surface area (Å²) in [6, 6.07) is 14.0. The Kier molecular flexibility index (Phi) is 4.72. The van der Waals surface area contributed by atoms with Gasteiger partial charge in [-0.05, 0) is 48.0 Å². The first-order valence-corrected chi connectivity index (χ1v) is 7.61. The van der Waals surface area contributed by atoms with Crippen molar-refractivity contribution in [3.8, 4) is 5.75 Å². The molecule has 0 fully saturated rings. The van der Waals surface area contributed by atoms with E-state index in [-0.39, 0.29) is 17.8 Å². The standard InChI is InChI=1S/C19H16N2O4/c1-25-16-5-3-13(4-6-16)18(22)9-12-2-7-17-14(8-12)10-15(11-20-17)19(23)21-24/h2-8,10-11,24H,9H2,1H3,(H,21,23). The van der Waals surface area contributed by atoms with Gasteiger partial charge in [0, 0.05) is 23.6 Å². The predicted octanol–water partition coefficient (Wildman–Crippen LogP) is 2.79. The van der Waals surface area contributed by atoms with Crippen LogP contribution in [-0.4, -0.2) is 29.0 Å². The summed E-state index contributed by atoms with van der Waals surface area (Å²) in [7, 11) is 1.57. The molecule has 25 heavy (non-hydrogen) atoms. The van der Waals surface area contributed by atoms with Crippen LogP contribution in [0.3, 0.4) is 0 Å². The first kappa shape index (κ1) is 16.6. The molecule has 2 N–H and O–H groups in total. The number of ether oxygens (including phenoxy) is 1. The number of pyridine rings is 1. The lowest BCUT2D eigenvalue weighted by Crippen LogP contribution is -2.18. The molecule has 1 heterocycles. The van der Waals surface area contributed by atoms with Crippen molar-refractivity contribution in [1.29, 1.82) is 0 Å². The van der Waals surface area contributed by atoms with Crippen molar-refractivity contribution in [2.24, 2.45) is 0 Å². The van der Waals surface area contributed by atoms with Crippen molar-refractivity contribution in [1.82, 2.24) is 10.5 Å². The third-order valence-electron chi connectivity index (χ3n) is 3.89. The molecular formula is C19H16N2O4. The summed E-state index contributed by atoms with van der Waals surface area (Å²) in [6.45, 7) is 0. The van der Waals surface area contributed by atoms with Gasteiger partial charge in [-0.1, -0.05) is 6.07 Å². The topological polar surface area (TPSA) is 88.5 Å². The summed E-state index contributed by atoms with van der Waals surface area (Å²) in [5, 5.41) is 9.44. The van der Waals surface area contributed by atoms with Gasteiger partial charge in [0.25, 0.3) is 5.91 Å². The van der Waals surface area contributed by atoms with Gasteiger partial charge in [-0.3, -0.25) is 19.8 Å². The molecule has 0 saturated carbocycles. The van der Waals surface area contributed by atoms with Crippen LogP contribution in [0.4, 0.5) is 0 Å². The molecule has 6 heteroatoms. The maximum atomic E-state index is 12.4. The van der Waals surface area contributed by atoms with Gasteiger partial charge in [0.15, 0.2) is 5.78 Å². The normalized spacial score (nSPS) is 10.5. The summed E-state index contributed by atoms with van der Waals surface area (Å²) in [6.07, 6.45) is 1.62. The molecule has 0 aliphatic carbocycles. The van der Waals surface area contributed by atoms with E-state index in [0.717, 1.165) is 10.9 Å². The maximum Gasteiger partial charge on any atom is 0.276 e. The van der Waals surface area contributed by atoms with E-state index in [2.05, 4.69) is 4.98 Å². The van der Waals surface area contributed by atoms with Crippen molar-refractivity contribution in [3.05, 3.63) is 71.4 Å². The van der Waals surface area contributed by atoms with E-state index in [1.165, 1.54) is 6.20 Å². The molecule has 0 spiro atoms. The number of methoxy groups -OCH3 is 1. The summed E-state index contributed by atoms with van der Waals surface area (Å²) in [5.74, 6) is 0.0522. The van der Waals surface area contributed by atoms with Crippen LogP contribution in [0.25, 0.3) is 10.9 Å². The molecule has 0 unspecified atom stereocenters. The van der Waals surface area contributed by atoms with Crippen molar-refractivity contribution < 1.29 is 19.5 Å². The van der Waals surface area contributed by atoms with Crippen LogP contribution in [0.5, 0.6) is 5.75 Å². The van der Waals surface area contributed by atoms with Gasteiger partial charge >= 0.3 is 0 Å². The van der Waals surface area contributed by atoms with E-state index in [9.17, 15) is 9.59 Å². The lowest BCUT2D eigenvalue weighted by Gasteiger charge is -2.06. The van der Waals surface area contributed by atoms with Crippen LogP contribution in [0, 0.1) is 0 Å². The number of hydrogen-bond acceptors (Lipinski definition) is 5. The Morgan fingerprint density at radius 3 is 2.52 bits per heavy atom. The highest BCUT2D eigenvalue weighted by Gasteiger charge is 2.10. The molecule has 1 amide bonds. The Balaban J connectivity index is 1.84. The van der Waals surface area contributed by atoms with Crippen LogP contribution in [0.1, 0.15) is 26.3 Å². The van der Waals surface area contributed by atoms with Crippen molar-refractivity contribution in [3.63, 3.8) is 0 Å². The molecule has 0 aliphatic rings. The molecule has 2 aromatic carbocycles. The first-order chi connectivity index (χ1) is 12.1. The third-order valence-corrected chi connectivity index (χ3v) is 3.89. The largest absolute Gasteiger partial charge is 0.497 e. The number of Topliss-reactive ketones (excluding diaryl/α,β-unsaturated/α-hetero) is 1. The quantitative estimate of drug-likeness (QED) is 0.425. The fraction of sp³-hybridized carbons (Fsp3) is 0.105. The number of aromatic nitrogens is 1. The number of rotatable bonds is 5. The van der Waals surface area contributed by atoms with Crippen LogP contribution in [0.2, 0.25) is 0 Å². The fourth-order valence-electron chi connectivity index (χ4n) is 2.54. The minimum absolute atomic E-state index is 0.0146. The lowest BCUT2D eigenvalue weighted by molar-refractivity contribution is 0.0706. The van der Waals surface area contributed by atoms with E-state index in [4.69, 9.17) is 9.94 Å². The molecule has 3 rings (SSSR count). The molecule has 126 valence electrons. The van der Waals surface area contributed by atoms with E-state index in [0.29, 0.717) is 16.8 Å². The van der Waals surface area contributed by atoms with Gasteiger partial charge in [0.05, 0.1) is 18.2 Å². The van der Waals surface area contributed by atoms with Crippen molar-refractivity contribution in [2.75, 3.05) is 7.11 Å². The number of carbonyl (C=O) groups excluding carboxylic acids is 2. The molecule has 0 radical (unpaired) electrons. The van der Waals surface area contributed by atoms with E-state index in [1.54, 1.807) is 49.0 Å². The molecule has 0 atom stereocenters. The summed E-state index contributed by atoms with van der Waals surface area (Å²) in [5.41, 5.74) is 3.95. The zero-order valence-corrected chi connectivity index (χ0v) is 13.5. The monoisotopic (exact) mass is 336 g/mol. The number of fused-ring (bicyclic) bond motifs is 1. The van der Waals surface area contributed by atoms with Gasteiger partial charge in [-0.15, -0.1) is 0 Å². The van der Waals surface area contributed by atoms with Crippen molar-refractivity contribution in [2.45, 2.75) is 6.42 Å². The Morgan fingerprint density at radius 2 is 1.84 bits per heavy atom. The minimum Gasteiger partial charge on any atom is -0.497 e. The van der Waals surface area contributed by atoms with Crippen LogP contribution < -0.4 is 10.2 Å². The number of amides is 1. The Hall–Kier alpha value is -3.25. The third kappa shape index (κ3) is 3.64. The average Bonchev–Trinajstić information content (AvgIpc) is 2.66. The molecule has 1 aromatic heterocycles. The van der Waals surface area contributed by atoms with Crippen LogP contribution in [-0.2, 0) is 6.42 Å². The second-order valence-electron chi connectivity index (χ2n) is 5.52. The summed E-state index contributed by atoms with van der Waals surface area (Å²) >= 11 is 0. The van der Waals surface area contributed by atoms with Gasteiger partial charge < -0.3 is 4.74 Å². The Labute approximate surface area is 144 Å². The number of hydrogen-bond donors (Lipinski definition) is 2. The highest BCUT2D eigenvalue weighted by Crippen LogP contribution is 2.18. The van der Waals surface area contributed by atoms with Gasteiger partial charge in [0.2, 0.25) is 0 Å². The zero-order chi connectivity index (χ0) is 17.8. The van der Waals surface area contributed by atoms with E-state index in [1.807, 2.05) is 12.1 Å². The van der Waals surface area contributed by atoms with Gasteiger partial charge in [0.1, 0.15) is 5.75 Å². The van der Waals surface area contributed by atoms with E-state index < -0.39 is 5.91 Å². The minimum atomic E-state index is -0.630. The predicted molar refractivity (Wildman–Crippen MR) is 92.0 cm³/mol.